The number of hydrogen-bond donors (Lipinski definition) is 2. The summed E-state index contributed by atoms with van der Waals surface area (Å²) in [5.74, 6) is -1.39. The van der Waals surface area contributed by atoms with Crippen molar-refractivity contribution in [3.63, 3.8) is 0 Å². The van der Waals surface area contributed by atoms with E-state index in [0.717, 1.165) is 10.4 Å². The van der Waals surface area contributed by atoms with Crippen LogP contribution < -0.4 is 11.1 Å². The van der Waals surface area contributed by atoms with Gasteiger partial charge < -0.3 is 15.6 Å². The maximum Gasteiger partial charge on any atom is 0.265 e. The van der Waals surface area contributed by atoms with Gasteiger partial charge in [-0.15, -0.1) is 0 Å². The minimum atomic E-state index is -4.00. The lowest BCUT2D eigenvalue weighted by Gasteiger charge is -2.16. The van der Waals surface area contributed by atoms with Crippen molar-refractivity contribution in [3.05, 3.63) is 46.2 Å². The zero-order valence-electron chi connectivity index (χ0n) is 13.9. The molecule has 2 amide bonds. The number of aryl methyl sites for hydroxylation is 1. The minimum Gasteiger partial charge on any atom is -0.364 e. The molecule has 2 aromatic rings. The fraction of sp³-hybridized carbons (Fsp3) is 0.200. The molecule has 0 fully saturated rings. The topological polar surface area (TPSA) is 114 Å². The summed E-state index contributed by atoms with van der Waals surface area (Å²) in [5.41, 5.74) is 5.41. The average molecular weight is 419 g/mol. The van der Waals surface area contributed by atoms with Gasteiger partial charge in [-0.25, -0.2) is 8.42 Å². The molecule has 8 nitrogen and oxygen atoms in total. The molecular weight excluding hydrogens is 403 g/mol. The van der Waals surface area contributed by atoms with Gasteiger partial charge in [0.1, 0.15) is 10.6 Å². The maximum atomic E-state index is 12.6. The van der Waals surface area contributed by atoms with Crippen molar-refractivity contribution in [1.29, 1.82) is 0 Å². The van der Waals surface area contributed by atoms with Crippen LogP contribution >= 0.6 is 23.2 Å². The number of halogens is 2. The number of benzene rings is 1. The van der Waals surface area contributed by atoms with Crippen LogP contribution in [0, 0.1) is 0 Å². The lowest BCUT2D eigenvalue weighted by atomic mass is 10.3. The zero-order chi connectivity index (χ0) is 19.6. The summed E-state index contributed by atoms with van der Waals surface area (Å²) < 4.78 is 27.3. The second-order valence-electron chi connectivity index (χ2n) is 5.44. The molecule has 0 unspecified atom stereocenters. The monoisotopic (exact) mass is 418 g/mol. The van der Waals surface area contributed by atoms with E-state index in [0.29, 0.717) is 0 Å². The van der Waals surface area contributed by atoms with Gasteiger partial charge in [-0.2, -0.15) is 4.31 Å². The van der Waals surface area contributed by atoms with Gasteiger partial charge >= 0.3 is 0 Å². The van der Waals surface area contributed by atoms with Gasteiger partial charge in [-0.1, -0.05) is 29.3 Å². The van der Waals surface area contributed by atoms with Crippen LogP contribution in [0.1, 0.15) is 10.5 Å². The van der Waals surface area contributed by atoms with E-state index in [1.807, 2.05) is 0 Å². The van der Waals surface area contributed by atoms with Crippen molar-refractivity contribution < 1.29 is 18.0 Å². The van der Waals surface area contributed by atoms with Gasteiger partial charge in [-0.3, -0.25) is 9.59 Å². The van der Waals surface area contributed by atoms with Crippen LogP contribution in [-0.4, -0.2) is 42.7 Å². The molecule has 1 heterocycles. The Hall–Kier alpha value is -2.07. The van der Waals surface area contributed by atoms with Gasteiger partial charge in [0.2, 0.25) is 15.9 Å². The average Bonchev–Trinajstić information content (AvgIpc) is 2.94. The van der Waals surface area contributed by atoms with E-state index in [1.165, 1.54) is 24.9 Å². The third kappa shape index (κ3) is 4.18. The number of sulfonamides is 1. The van der Waals surface area contributed by atoms with Crippen LogP contribution in [0.2, 0.25) is 10.0 Å². The number of hydrogen-bond acceptors (Lipinski definition) is 4. The normalized spacial score (nSPS) is 11.6. The zero-order valence-corrected chi connectivity index (χ0v) is 16.2. The fourth-order valence-electron chi connectivity index (χ4n) is 2.18. The number of nitrogens with zero attached hydrogens (tertiary/aromatic N) is 2. The van der Waals surface area contributed by atoms with Crippen molar-refractivity contribution >= 4 is 50.7 Å². The third-order valence-electron chi connectivity index (χ3n) is 3.53. The number of nitrogens with one attached hydrogen (secondary N) is 1. The van der Waals surface area contributed by atoms with Gasteiger partial charge in [0, 0.05) is 20.3 Å². The number of aromatic nitrogens is 1. The summed E-state index contributed by atoms with van der Waals surface area (Å²) >= 11 is 11.9. The lowest BCUT2D eigenvalue weighted by molar-refractivity contribution is -0.116. The van der Waals surface area contributed by atoms with Gasteiger partial charge in [0.15, 0.2) is 0 Å². The van der Waals surface area contributed by atoms with Crippen LogP contribution in [0.3, 0.4) is 0 Å². The van der Waals surface area contributed by atoms with Gasteiger partial charge in [-0.05, 0) is 18.2 Å². The molecule has 0 aliphatic heterocycles. The van der Waals surface area contributed by atoms with Crippen LogP contribution in [-0.2, 0) is 21.9 Å². The molecular formula is C15H16Cl2N4O4S. The standard InChI is InChI=1S/C15H16Cl2N4O4S/c1-20-7-9(6-12(20)15(18)23)26(24,25)21(2)8-13(22)19-14-10(16)4-3-5-11(14)17/h3-7H,8H2,1-2H3,(H2,18,23)(H,19,22). The molecule has 0 saturated carbocycles. The summed E-state index contributed by atoms with van der Waals surface area (Å²) in [6, 6.07) is 5.84. The molecule has 2 rings (SSSR count). The molecule has 0 radical (unpaired) electrons. The Kier molecular flexibility index (Phi) is 5.97. The predicted octanol–water partition coefficient (Wildman–Crippen LogP) is 1.69. The van der Waals surface area contributed by atoms with Gasteiger partial charge in [0.05, 0.1) is 22.3 Å². The van der Waals surface area contributed by atoms with Crippen molar-refractivity contribution in [2.75, 3.05) is 18.9 Å². The first-order chi connectivity index (χ1) is 12.0. The Morgan fingerprint density at radius 3 is 2.35 bits per heavy atom. The van der Waals surface area contributed by atoms with Crippen molar-refractivity contribution in [1.82, 2.24) is 8.87 Å². The molecule has 3 N–H and O–H groups in total. The second-order valence-corrected chi connectivity index (χ2v) is 8.30. The summed E-state index contributed by atoms with van der Waals surface area (Å²) in [7, 11) is -1.28. The minimum absolute atomic E-state index is 0.0317. The summed E-state index contributed by atoms with van der Waals surface area (Å²) in [5, 5.41) is 2.93. The van der Waals surface area contributed by atoms with Crippen molar-refractivity contribution in [3.8, 4) is 0 Å². The van der Waals surface area contributed by atoms with E-state index in [9.17, 15) is 18.0 Å². The molecule has 1 aromatic carbocycles. The number of amides is 2. The number of likely N-dealkylation sites (N-methyl/N-ethyl adjacent to an activating group) is 1. The van der Waals surface area contributed by atoms with Crippen LogP contribution in [0.5, 0.6) is 0 Å². The highest BCUT2D eigenvalue weighted by molar-refractivity contribution is 7.89. The van der Waals surface area contributed by atoms with Crippen molar-refractivity contribution in [2.45, 2.75) is 4.90 Å². The van der Waals surface area contributed by atoms with E-state index < -0.39 is 28.4 Å². The molecule has 0 spiro atoms. The second kappa shape index (κ2) is 7.67. The van der Waals surface area contributed by atoms with Crippen LogP contribution in [0.4, 0.5) is 5.69 Å². The number of carbonyl (C=O) groups is 2. The number of rotatable bonds is 6. The van der Waals surface area contributed by atoms with Gasteiger partial charge in [0.25, 0.3) is 5.91 Å². The molecule has 0 saturated heterocycles. The molecule has 11 heteroatoms. The smallest absolute Gasteiger partial charge is 0.265 e. The Bertz CT molecular complexity index is 952. The highest BCUT2D eigenvalue weighted by Crippen LogP contribution is 2.29. The molecule has 0 aliphatic rings. The Labute approximate surface area is 160 Å². The summed E-state index contributed by atoms with van der Waals surface area (Å²) in [4.78, 5) is 23.3. The Morgan fingerprint density at radius 2 is 1.85 bits per heavy atom. The van der Waals surface area contributed by atoms with E-state index in [4.69, 9.17) is 28.9 Å². The highest BCUT2D eigenvalue weighted by atomic mass is 35.5. The molecule has 0 aliphatic carbocycles. The highest BCUT2D eigenvalue weighted by Gasteiger charge is 2.26. The fourth-order valence-corrected chi connectivity index (χ4v) is 3.87. The molecule has 140 valence electrons. The SMILES string of the molecule is CN(CC(=O)Nc1c(Cl)cccc1Cl)S(=O)(=O)c1cc(C(N)=O)n(C)c1. The number of carbonyl (C=O) groups excluding carboxylic acids is 2. The summed E-state index contributed by atoms with van der Waals surface area (Å²) in [6.45, 7) is -0.481. The molecule has 0 bridgehead atoms. The predicted molar refractivity (Wildman–Crippen MR) is 98.8 cm³/mol. The number of para-hydroxylation sites is 1. The molecule has 1 aromatic heterocycles. The summed E-state index contributed by atoms with van der Waals surface area (Å²) in [6.07, 6.45) is 1.24. The number of nitrogens with two attached hydrogens (primary N) is 1. The largest absolute Gasteiger partial charge is 0.364 e. The first-order valence-corrected chi connectivity index (χ1v) is 9.40. The Morgan fingerprint density at radius 1 is 1.27 bits per heavy atom. The van der Waals surface area contributed by atoms with E-state index >= 15 is 0 Å². The number of anilines is 1. The van der Waals surface area contributed by atoms with E-state index in [-0.39, 0.29) is 26.3 Å². The molecule has 26 heavy (non-hydrogen) atoms. The third-order valence-corrected chi connectivity index (χ3v) is 5.93. The molecule has 0 atom stereocenters. The lowest BCUT2D eigenvalue weighted by Crippen LogP contribution is -2.35. The maximum absolute atomic E-state index is 12.6. The van der Waals surface area contributed by atoms with Crippen LogP contribution in [0.15, 0.2) is 35.4 Å². The Balaban J connectivity index is 2.18. The van der Waals surface area contributed by atoms with E-state index in [2.05, 4.69) is 5.32 Å². The van der Waals surface area contributed by atoms with Crippen molar-refractivity contribution in [2.24, 2.45) is 12.8 Å². The quantitative estimate of drug-likeness (QED) is 0.742. The first-order valence-electron chi connectivity index (χ1n) is 7.20. The van der Waals surface area contributed by atoms with E-state index in [1.54, 1.807) is 18.2 Å². The first kappa shape index (κ1) is 20.2. The van der Waals surface area contributed by atoms with Crippen LogP contribution in [0.25, 0.3) is 0 Å². The number of primary amides is 1.